The third kappa shape index (κ3) is 5.70. The predicted molar refractivity (Wildman–Crippen MR) is 116 cm³/mol. The van der Waals surface area contributed by atoms with Crippen LogP contribution >= 0.6 is 0 Å². The summed E-state index contributed by atoms with van der Waals surface area (Å²) in [7, 11) is 0. The fourth-order valence-corrected chi connectivity index (χ4v) is 3.35. The first kappa shape index (κ1) is 23.4. The van der Waals surface area contributed by atoms with Gasteiger partial charge in [0.05, 0.1) is 22.6 Å². The van der Waals surface area contributed by atoms with Crippen molar-refractivity contribution in [3.63, 3.8) is 0 Å². The SMILES string of the molecule is CCCC(C)C(F)C1=CN(c2ccc(NC(=O)Nc3ccccc3C(F)(F)F)cc2)NN1. The largest absolute Gasteiger partial charge is 0.418 e. The fraction of sp³-hybridized carbons (Fsp3) is 0.318. The minimum absolute atomic E-state index is 0.118. The molecule has 0 aromatic heterocycles. The highest BCUT2D eigenvalue weighted by atomic mass is 19.4. The summed E-state index contributed by atoms with van der Waals surface area (Å²) in [5.74, 6) is -0.118. The molecule has 0 radical (unpaired) electrons. The van der Waals surface area contributed by atoms with Gasteiger partial charge in [-0.3, -0.25) is 5.01 Å². The Bertz CT molecular complexity index is 962. The topological polar surface area (TPSA) is 68.4 Å². The Morgan fingerprint density at radius 1 is 1.09 bits per heavy atom. The van der Waals surface area contributed by atoms with E-state index >= 15 is 0 Å². The van der Waals surface area contributed by atoms with Crippen molar-refractivity contribution in [2.45, 2.75) is 39.0 Å². The number of rotatable bonds is 7. The molecular weight excluding hydrogens is 426 g/mol. The minimum Gasteiger partial charge on any atom is -0.308 e. The summed E-state index contributed by atoms with van der Waals surface area (Å²) >= 11 is 0. The summed E-state index contributed by atoms with van der Waals surface area (Å²) in [6, 6.07) is 10.5. The molecule has 3 rings (SSSR count). The van der Waals surface area contributed by atoms with Crippen LogP contribution in [0.5, 0.6) is 0 Å². The molecule has 0 aliphatic carbocycles. The van der Waals surface area contributed by atoms with Crippen molar-refractivity contribution in [1.29, 1.82) is 0 Å². The highest BCUT2D eigenvalue weighted by Crippen LogP contribution is 2.34. The molecule has 0 fully saturated rings. The molecule has 10 heteroatoms. The van der Waals surface area contributed by atoms with Crippen LogP contribution in [0, 0.1) is 5.92 Å². The maximum Gasteiger partial charge on any atom is 0.418 e. The molecule has 0 saturated heterocycles. The van der Waals surface area contributed by atoms with Gasteiger partial charge in [-0.25, -0.2) is 9.18 Å². The highest BCUT2D eigenvalue weighted by Gasteiger charge is 2.33. The molecule has 2 atom stereocenters. The first-order valence-corrected chi connectivity index (χ1v) is 10.2. The highest BCUT2D eigenvalue weighted by molar-refractivity contribution is 6.00. The van der Waals surface area contributed by atoms with Crippen LogP contribution < -0.4 is 26.6 Å². The van der Waals surface area contributed by atoms with E-state index in [1.165, 1.54) is 18.2 Å². The molecule has 0 bridgehead atoms. The van der Waals surface area contributed by atoms with Crippen molar-refractivity contribution >= 4 is 23.1 Å². The number of para-hydroxylation sites is 1. The van der Waals surface area contributed by atoms with Gasteiger partial charge in [0, 0.05) is 11.9 Å². The van der Waals surface area contributed by atoms with Crippen LogP contribution in [-0.2, 0) is 6.18 Å². The number of urea groups is 1. The third-order valence-electron chi connectivity index (χ3n) is 5.01. The lowest BCUT2D eigenvalue weighted by Gasteiger charge is -2.17. The van der Waals surface area contributed by atoms with Gasteiger partial charge in [-0.2, -0.15) is 13.2 Å². The Morgan fingerprint density at radius 3 is 2.44 bits per heavy atom. The lowest BCUT2D eigenvalue weighted by molar-refractivity contribution is -0.136. The molecule has 6 nitrogen and oxygen atoms in total. The molecule has 0 saturated carbocycles. The van der Waals surface area contributed by atoms with Gasteiger partial charge >= 0.3 is 12.2 Å². The maximum atomic E-state index is 14.5. The van der Waals surface area contributed by atoms with Crippen LogP contribution in [0.25, 0.3) is 0 Å². The number of allylic oxidation sites excluding steroid dienone is 1. The molecule has 2 unspecified atom stereocenters. The summed E-state index contributed by atoms with van der Waals surface area (Å²) in [5.41, 5.74) is 5.90. The van der Waals surface area contributed by atoms with Gasteiger partial charge in [0.15, 0.2) is 0 Å². The number of hydrazine groups is 2. The zero-order valence-corrected chi connectivity index (χ0v) is 17.6. The predicted octanol–water partition coefficient (Wildman–Crippen LogP) is 5.79. The minimum atomic E-state index is -4.58. The summed E-state index contributed by atoms with van der Waals surface area (Å²) in [6.07, 6.45) is -2.41. The molecule has 2 aromatic rings. The number of anilines is 3. The van der Waals surface area contributed by atoms with Gasteiger partial charge in [0.2, 0.25) is 0 Å². The Morgan fingerprint density at radius 2 is 1.78 bits per heavy atom. The molecule has 1 heterocycles. The van der Waals surface area contributed by atoms with E-state index in [0.717, 1.165) is 18.9 Å². The van der Waals surface area contributed by atoms with E-state index in [1.54, 1.807) is 35.5 Å². The smallest absolute Gasteiger partial charge is 0.308 e. The van der Waals surface area contributed by atoms with E-state index in [-0.39, 0.29) is 11.6 Å². The van der Waals surface area contributed by atoms with Crippen molar-refractivity contribution in [3.05, 3.63) is 66.0 Å². The van der Waals surface area contributed by atoms with E-state index in [4.69, 9.17) is 0 Å². The van der Waals surface area contributed by atoms with E-state index in [9.17, 15) is 22.4 Å². The molecular formula is C22H25F4N5O. The molecule has 2 amide bonds. The molecule has 0 spiro atoms. The van der Waals surface area contributed by atoms with Gasteiger partial charge in [-0.15, -0.1) is 5.53 Å². The number of amides is 2. The Labute approximate surface area is 183 Å². The first-order valence-electron chi connectivity index (χ1n) is 10.2. The third-order valence-corrected chi connectivity index (χ3v) is 5.01. The fourth-order valence-electron chi connectivity index (χ4n) is 3.35. The van der Waals surface area contributed by atoms with E-state index in [2.05, 4.69) is 21.6 Å². The van der Waals surface area contributed by atoms with Crippen molar-refractivity contribution in [3.8, 4) is 0 Å². The maximum absolute atomic E-state index is 14.5. The van der Waals surface area contributed by atoms with Crippen molar-refractivity contribution < 1.29 is 22.4 Å². The van der Waals surface area contributed by atoms with E-state index < -0.39 is 23.9 Å². The Hall–Kier alpha value is -3.27. The van der Waals surface area contributed by atoms with Crippen LogP contribution in [0.2, 0.25) is 0 Å². The number of benzene rings is 2. The number of carbonyl (C=O) groups is 1. The lowest BCUT2D eigenvalue weighted by atomic mass is 9.99. The standard InChI is InChI=1S/C22H25F4N5O/c1-3-6-14(2)20(23)19-13-31(30-29-19)16-11-9-15(10-12-16)27-21(32)28-18-8-5-4-7-17(18)22(24,25)26/h4-5,7-14,20,29-30H,3,6H2,1-2H3,(H2,27,28,32). The second kappa shape index (κ2) is 9.90. The van der Waals surface area contributed by atoms with Crippen molar-refractivity contribution in [1.82, 2.24) is 11.0 Å². The molecule has 172 valence electrons. The second-order valence-electron chi connectivity index (χ2n) is 7.53. The van der Waals surface area contributed by atoms with Crippen LogP contribution in [0.4, 0.5) is 39.4 Å². The molecule has 4 N–H and O–H groups in total. The van der Waals surface area contributed by atoms with Crippen LogP contribution in [0.15, 0.2) is 60.4 Å². The number of hydrogen-bond donors (Lipinski definition) is 4. The lowest BCUT2D eigenvalue weighted by Crippen LogP contribution is -2.38. The zero-order valence-electron chi connectivity index (χ0n) is 17.6. The number of hydrogen-bond acceptors (Lipinski definition) is 4. The number of halogens is 4. The van der Waals surface area contributed by atoms with E-state index in [0.29, 0.717) is 17.1 Å². The quantitative estimate of drug-likeness (QED) is 0.402. The summed E-state index contributed by atoms with van der Waals surface area (Å²) < 4.78 is 53.7. The summed E-state index contributed by atoms with van der Waals surface area (Å²) in [6.45, 7) is 3.87. The average Bonchev–Trinajstić information content (AvgIpc) is 3.23. The zero-order chi connectivity index (χ0) is 23.3. The van der Waals surface area contributed by atoms with Crippen molar-refractivity contribution in [2.75, 3.05) is 15.6 Å². The van der Waals surface area contributed by atoms with Gasteiger partial charge < -0.3 is 16.1 Å². The van der Waals surface area contributed by atoms with E-state index in [1.807, 2.05) is 13.8 Å². The Kier molecular flexibility index (Phi) is 7.24. The number of nitrogens with zero attached hydrogens (tertiary/aromatic N) is 1. The first-order chi connectivity index (χ1) is 15.2. The summed E-state index contributed by atoms with van der Waals surface area (Å²) in [4.78, 5) is 12.2. The normalized spacial score (nSPS) is 15.6. The molecule has 1 aliphatic rings. The monoisotopic (exact) mass is 451 g/mol. The van der Waals surface area contributed by atoms with Crippen LogP contribution in [-0.4, -0.2) is 12.2 Å². The van der Waals surface area contributed by atoms with Crippen molar-refractivity contribution in [2.24, 2.45) is 5.92 Å². The van der Waals surface area contributed by atoms with Gasteiger partial charge in [-0.1, -0.05) is 32.4 Å². The van der Waals surface area contributed by atoms with Gasteiger partial charge in [0.1, 0.15) is 6.17 Å². The van der Waals surface area contributed by atoms with Crippen LogP contribution in [0.3, 0.4) is 0 Å². The summed E-state index contributed by atoms with van der Waals surface area (Å²) in [5, 5.41) is 6.32. The molecule has 1 aliphatic heterocycles. The van der Waals surface area contributed by atoms with Crippen LogP contribution in [0.1, 0.15) is 32.3 Å². The molecule has 2 aromatic carbocycles. The average molecular weight is 451 g/mol. The number of alkyl halides is 4. The van der Waals surface area contributed by atoms with Gasteiger partial charge in [0.25, 0.3) is 0 Å². The Balaban J connectivity index is 1.62. The second-order valence-corrected chi connectivity index (χ2v) is 7.53. The molecule has 32 heavy (non-hydrogen) atoms. The van der Waals surface area contributed by atoms with Gasteiger partial charge in [-0.05, 0) is 48.7 Å². The number of nitrogens with one attached hydrogen (secondary N) is 4. The number of carbonyl (C=O) groups excluding carboxylic acids is 1.